The van der Waals surface area contributed by atoms with Crippen LogP contribution in [0.4, 0.5) is 0 Å². The number of amides is 1. The number of benzene rings is 2. The minimum absolute atomic E-state index is 0.242. The summed E-state index contributed by atoms with van der Waals surface area (Å²) in [5, 5.41) is 15.4. The Balaban J connectivity index is 1.61. The maximum absolute atomic E-state index is 12.4. The van der Waals surface area contributed by atoms with Crippen LogP contribution in [0.3, 0.4) is 0 Å². The van der Waals surface area contributed by atoms with E-state index in [0.29, 0.717) is 19.6 Å². The molecule has 0 unspecified atom stereocenters. The van der Waals surface area contributed by atoms with Gasteiger partial charge >= 0.3 is 0 Å². The van der Waals surface area contributed by atoms with E-state index in [9.17, 15) is 10.1 Å². The molecule has 0 spiro atoms. The molecule has 1 heterocycles. The van der Waals surface area contributed by atoms with Gasteiger partial charge in [-0.15, -0.1) is 0 Å². The summed E-state index contributed by atoms with van der Waals surface area (Å²) in [5.74, 6) is 0.565. The van der Waals surface area contributed by atoms with Crippen molar-refractivity contribution in [3.63, 3.8) is 0 Å². The highest BCUT2D eigenvalue weighted by atomic mass is 32.2. The normalized spacial score (nSPS) is 17.6. The molecule has 1 aliphatic rings. The highest BCUT2D eigenvalue weighted by molar-refractivity contribution is 7.94. The first-order valence-electron chi connectivity index (χ1n) is 9.62. The predicted molar refractivity (Wildman–Crippen MR) is 114 cm³/mol. The first kappa shape index (κ1) is 21.2. The van der Waals surface area contributed by atoms with E-state index in [2.05, 4.69) is 16.7 Å². The number of rotatable bonds is 7. The SMILES string of the molecule is CSOc1cccc(-c2ccc(C[C@@H](C#N)NC(=O)[C@@H]3CNCCCO3)cc2)c1. The van der Waals surface area contributed by atoms with Gasteiger partial charge in [0.1, 0.15) is 17.9 Å². The van der Waals surface area contributed by atoms with Gasteiger partial charge in [0.05, 0.1) is 18.1 Å². The number of carbonyl (C=O) groups is 1. The number of nitrogens with zero attached hydrogens (tertiary/aromatic N) is 1. The van der Waals surface area contributed by atoms with Crippen LogP contribution in [0.2, 0.25) is 0 Å². The van der Waals surface area contributed by atoms with Crippen molar-refractivity contribution in [1.82, 2.24) is 10.6 Å². The van der Waals surface area contributed by atoms with Crippen LogP contribution in [-0.4, -0.2) is 44.0 Å². The zero-order chi connectivity index (χ0) is 20.5. The lowest BCUT2D eigenvalue weighted by Gasteiger charge is -2.18. The number of nitrogens with one attached hydrogen (secondary N) is 2. The van der Waals surface area contributed by atoms with Gasteiger partial charge in [0.2, 0.25) is 0 Å². The van der Waals surface area contributed by atoms with Crippen molar-refractivity contribution in [2.24, 2.45) is 0 Å². The van der Waals surface area contributed by atoms with Crippen LogP contribution in [0.15, 0.2) is 48.5 Å². The fourth-order valence-electron chi connectivity index (χ4n) is 3.17. The molecule has 0 aliphatic carbocycles. The molecule has 3 rings (SSSR count). The molecule has 152 valence electrons. The van der Waals surface area contributed by atoms with Crippen molar-refractivity contribution < 1.29 is 13.7 Å². The van der Waals surface area contributed by atoms with E-state index < -0.39 is 12.1 Å². The minimum Gasteiger partial charge on any atom is -0.426 e. The summed E-state index contributed by atoms with van der Waals surface area (Å²) in [6.07, 6.45) is 2.65. The monoisotopic (exact) mass is 411 g/mol. The summed E-state index contributed by atoms with van der Waals surface area (Å²) < 4.78 is 11.0. The molecule has 1 aliphatic heterocycles. The fourth-order valence-corrected chi connectivity index (χ4v) is 3.47. The Bertz CT molecular complexity index is 843. The minimum atomic E-state index is -0.599. The van der Waals surface area contributed by atoms with Gasteiger partial charge in [0.25, 0.3) is 5.91 Å². The molecule has 1 saturated heterocycles. The van der Waals surface area contributed by atoms with E-state index in [0.717, 1.165) is 35.4 Å². The second kappa shape index (κ2) is 10.9. The Morgan fingerprint density at radius 2 is 2.17 bits per heavy atom. The molecule has 0 saturated carbocycles. The third-order valence-corrected chi connectivity index (χ3v) is 5.01. The molecule has 0 radical (unpaired) electrons. The molecule has 29 heavy (non-hydrogen) atoms. The lowest BCUT2D eigenvalue weighted by atomic mass is 10.0. The molecule has 0 bridgehead atoms. The molecule has 0 aromatic heterocycles. The van der Waals surface area contributed by atoms with Crippen LogP contribution < -0.4 is 14.8 Å². The number of ether oxygens (including phenoxy) is 1. The summed E-state index contributed by atoms with van der Waals surface area (Å²) in [5.41, 5.74) is 3.11. The van der Waals surface area contributed by atoms with E-state index in [-0.39, 0.29) is 5.91 Å². The Morgan fingerprint density at radius 3 is 2.93 bits per heavy atom. The molecule has 2 atom stereocenters. The van der Waals surface area contributed by atoms with Gasteiger partial charge in [-0.2, -0.15) is 5.26 Å². The quantitative estimate of drug-likeness (QED) is 0.682. The average Bonchev–Trinajstić information content (AvgIpc) is 3.04. The van der Waals surface area contributed by atoms with Gasteiger partial charge in [0.15, 0.2) is 0 Å². The molecule has 6 nitrogen and oxygen atoms in total. The molecule has 2 N–H and O–H groups in total. The van der Waals surface area contributed by atoms with Gasteiger partial charge in [-0.05, 0) is 41.8 Å². The van der Waals surface area contributed by atoms with Gasteiger partial charge in [-0.1, -0.05) is 36.4 Å². The van der Waals surface area contributed by atoms with Gasteiger partial charge in [-0.25, -0.2) is 0 Å². The van der Waals surface area contributed by atoms with Crippen molar-refractivity contribution in [2.45, 2.75) is 25.0 Å². The molecule has 7 heteroatoms. The number of carbonyl (C=O) groups excluding carboxylic acids is 1. The second-order valence-corrected chi connectivity index (χ2v) is 7.29. The van der Waals surface area contributed by atoms with Gasteiger partial charge in [-0.3, -0.25) is 4.79 Å². The molecule has 1 fully saturated rings. The highest BCUT2D eigenvalue weighted by Crippen LogP contribution is 2.25. The maximum Gasteiger partial charge on any atom is 0.251 e. The summed E-state index contributed by atoms with van der Waals surface area (Å²) in [6, 6.07) is 17.5. The highest BCUT2D eigenvalue weighted by Gasteiger charge is 2.23. The zero-order valence-corrected chi connectivity index (χ0v) is 17.2. The van der Waals surface area contributed by atoms with Crippen molar-refractivity contribution >= 4 is 17.9 Å². The van der Waals surface area contributed by atoms with Crippen LogP contribution in [-0.2, 0) is 16.0 Å². The largest absolute Gasteiger partial charge is 0.426 e. The Hall–Kier alpha value is -2.53. The smallest absolute Gasteiger partial charge is 0.251 e. The summed E-state index contributed by atoms with van der Waals surface area (Å²) in [4.78, 5) is 12.4. The Kier molecular flexibility index (Phi) is 7.94. The van der Waals surface area contributed by atoms with Gasteiger partial charge in [0, 0.05) is 25.8 Å². The zero-order valence-electron chi connectivity index (χ0n) is 16.4. The molecule has 1 amide bonds. The fraction of sp³-hybridized carbons (Fsp3) is 0.364. The van der Waals surface area contributed by atoms with E-state index in [4.69, 9.17) is 8.92 Å². The van der Waals surface area contributed by atoms with Crippen LogP contribution in [0.25, 0.3) is 11.1 Å². The van der Waals surface area contributed by atoms with E-state index in [1.807, 2.05) is 54.8 Å². The number of nitriles is 1. The Morgan fingerprint density at radius 1 is 1.34 bits per heavy atom. The summed E-state index contributed by atoms with van der Waals surface area (Å²) in [6.45, 7) is 1.86. The lowest BCUT2D eigenvalue weighted by Crippen LogP contribution is -2.46. The average molecular weight is 412 g/mol. The molecular weight excluding hydrogens is 386 g/mol. The first-order valence-corrected chi connectivity index (χ1v) is 10.8. The van der Waals surface area contributed by atoms with Crippen molar-refractivity contribution in [3.05, 3.63) is 54.1 Å². The number of hydrogen-bond donors (Lipinski definition) is 2. The third kappa shape index (κ3) is 6.23. The van der Waals surface area contributed by atoms with Crippen molar-refractivity contribution in [1.29, 1.82) is 5.26 Å². The van der Waals surface area contributed by atoms with Crippen molar-refractivity contribution in [2.75, 3.05) is 26.0 Å². The standard InChI is InChI=1S/C22H25N3O3S/c1-29-28-20-5-2-4-18(13-20)17-8-6-16(7-9-17)12-19(14-23)25-22(26)21-15-24-10-3-11-27-21/h2,4-9,13,19,21,24H,3,10-12,15H2,1H3,(H,25,26)/t19-,21-/m0/s1. The Labute approximate surface area is 175 Å². The van der Waals surface area contributed by atoms with Crippen molar-refractivity contribution in [3.8, 4) is 22.9 Å². The maximum atomic E-state index is 12.4. The van der Waals surface area contributed by atoms with Crippen LogP contribution >= 0.6 is 12.0 Å². The van der Waals surface area contributed by atoms with Crippen LogP contribution in [0.5, 0.6) is 5.75 Å². The molecular formula is C22H25N3O3S. The topological polar surface area (TPSA) is 83.4 Å². The van der Waals surface area contributed by atoms with Gasteiger partial charge < -0.3 is 19.6 Å². The van der Waals surface area contributed by atoms with E-state index >= 15 is 0 Å². The third-order valence-electron chi connectivity index (χ3n) is 4.65. The van der Waals surface area contributed by atoms with Crippen LogP contribution in [0, 0.1) is 11.3 Å². The summed E-state index contributed by atoms with van der Waals surface area (Å²) >= 11 is 1.31. The second-order valence-electron chi connectivity index (χ2n) is 6.79. The summed E-state index contributed by atoms with van der Waals surface area (Å²) in [7, 11) is 0. The van der Waals surface area contributed by atoms with Crippen LogP contribution in [0.1, 0.15) is 12.0 Å². The first-order chi connectivity index (χ1) is 14.2. The molecule has 2 aromatic carbocycles. The molecule has 2 aromatic rings. The lowest BCUT2D eigenvalue weighted by molar-refractivity contribution is -0.132. The van der Waals surface area contributed by atoms with E-state index in [1.54, 1.807) is 0 Å². The number of hydrogen-bond acceptors (Lipinski definition) is 6. The van der Waals surface area contributed by atoms with E-state index in [1.165, 1.54) is 12.0 Å². The predicted octanol–water partition coefficient (Wildman–Crippen LogP) is 2.94.